The van der Waals surface area contributed by atoms with Gasteiger partial charge in [0.15, 0.2) is 0 Å². The summed E-state index contributed by atoms with van der Waals surface area (Å²) in [6.07, 6.45) is 8.18. The fourth-order valence-corrected chi connectivity index (χ4v) is 3.65. The maximum absolute atomic E-state index is 14.8. The summed E-state index contributed by atoms with van der Waals surface area (Å²) in [7, 11) is 0. The molecule has 7 heteroatoms. The molecule has 5 nitrogen and oxygen atoms in total. The molecule has 2 unspecified atom stereocenters. The molecule has 3 heterocycles. The van der Waals surface area contributed by atoms with E-state index in [2.05, 4.69) is 10.3 Å². The first-order valence-corrected chi connectivity index (χ1v) is 9.10. The van der Waals surface area contributed by atoms with Crippen molar-refractivity contribution in [3.8, 4) is 5.69 Å². The van der Waals surface area contributed by atoms with Crippen LogP contribution in [0.5, 0.6) is 0 Å². The molecule has 2 N–H and O–H groups in total. The maximum Gasteiger partial charge on any atom is 0.271 e. The molecule has 1 aliphatic heterocycles. The van der Waals surface area contributed by atoms with Crippen LogP contribution in [0.3, 0.4) is 0 Å². The summed E-state index contributed by atoms with van der Waals surface area (Å²) in [5, 5.41) is 13.1. The summed E-state index contributed by atoms with van der Waals surface area (Å²) in [5.74, 6) is -4.03. The zero-order valence-corrected chi connectivity index (χ0v) is 14.8. The van der Waals surface area contributed by atoms with Gasteiger partial charge in [0.25, 0.3) is 5.92 Å². The van der Waals surface area contributed by atoms with Gasteiger partial charge in [0, 0.05) is 31.2 Å². The van der Waals surface area contributed by atoms with Gasteiger partial charge >= 0.3 is 0 Å². The number of aliphatic hydroxyl groups is 1. The Bertz CT molecular complexity index is 774. The Kier molecular flexibility index (Phi) is 4.44. The molecule has 2 aromatic heterocycles. The van der Waals surface area contributed by atoms with Crippen LogP contribution in [-0.4, -0.2) is 45.9 Å². The minimum Gasteiger partial charge on any atom is -0.378 e. The van der Waals surface area contributed by atoms with Crippen molar-refractivity contribution in [1.82, 2.24) is 14.9 Å². The van der Waals surface area contributed by atoms with Gasteiger partial charge in [0.2, 0.25) is 0 Å². The van der Waals surface area contributed by atoms with Crippen LogP contribution in [0.25, 0.3) is 5.69 Å². The lowest BCUT2D eigenvalue weighted by Gasteiger charge is -2.41. The smallest absolute Gasteiger partial charge is 0.271 e. The number of piperidine rings is 1. The normalized spacial score (nSPS) is 23.8. The van der Waals surface area contributed by atoms with Gasteiger partial charge in [-0.25, -0.2) is 8.78 Å². The Morgan fingerprint density at radius 3 is 2.73 bits per heavy atom. The first-order valence-electron chi connectivity index (χ1n) is 9.10. The van der Waals surface area contributed by atoms with Gasteiger partial charge in [-0.3, -0.25) is 10.3 Å². The minimum atomic E-state index is -2.97. The number of aryl methyl sites for hydroxylation is 1. The third kappa shape index (κ3) is 3.46. The highest BCUT2D eigenvalue weighted by molar-refractivity contribution is 5.62. The van der Waals surface area contributed by atoms with Crippen molar-refractivity contribution in [1.29, 1.82) is 0 Å². The van der Waals surface area contributed by atoms with Gasteiger partial charge in [-0.05, 0) is 43.9 Å². The van der Waals surface area contributed by atoms with Gasteiger partial charge < -0.3 is 14.6 Å². The second-order valence-electron chi connectivity index (χ2n) is 7.42. The van der Waals surface area contributed by atoms with E-state index in [4.69, 9.17) is 0 Å². The van der Waals surface area contributed by atoms with E-state index in [0.717, 1.165) is 24.1 Å². The van der Waals surface area contributed by atoms with Crippen LogP contribution >= 0.6 is 0 Å². The number of anilines is 1. The predicted octanol–water partition coefficient (Wildman–Crippen LogP) is 2.71. The van der Waals surface area contributed by atoms with Gasteiger partial charge in [-0.1, -0.05) is 0 Å². The van der Waals surface area contributed by atoms with E-state index < -0.39 is 24.6 Å². The van der Waals surface area contributed by atoms with E-state index in [1.54, 1.807) is 17.3 Å². The van der Waals surface area contributed by atoms with Crippen molar-refractivity contribution in [3.63, 3.8) is 0 Å². The van der Waals surface area contributed by atoms with Crippen LogP contribution in [0.15, 0.2) is 36.9 Å². The molecule has 140 valence electrons. The van der Waals surface area contributed by atoms with Crippen LogP contribution < -0.4 is 10.2 Å². The van der Waals surface area contributed by atoms with E-state index in [1.165, 1.54) is 0 Å². The molecule has 26 heavy (non-hydrogen) atoms. The molecule has 4 rings (SSSR count). The number of aliphatic hydroxyl groups excluding tert-OH is 1. The number of nitrogens with zero attached hydrogens (tertiary/aromatic N) is 3. The van der Waals surface area contributed by atoms with E-state index in [-0.39, 0.29) is 12.5 Å². The SMILES string of the molecule is Cc1ccn(-c2ccncc2N2CCC(C(O)NC3CC3)C(F)(F)C2)c1. The zero-order valence-electron chi connectivity index (χ0n) is 14.8. The molecule has 2 aromatic rings. The molecule has 1 aliphatic carbocycles. The summed E-state index contributed by atoms with van der Waals surface area (Å²) in [6, 6.07) is 4.01. The van der Waals surface area contributed by atoms with E-state index in [1.807, 2.05) is 36.0 Å². The number of nitrogens with one attached hydrogen (secondary N) is 1. The van der Waals surface area contributed by atoms with Crippen molar-refractivity contribution >= 4 is 5.69 Å². The van der Waals surface area contributed by atoms with Crippen molar-refractivity contribution in [3.05, 3.63) is 42.5 Å². The van der Waals surface area contributed by atoms with Crippen molar-refractivity contribution < 1.29 is 13.9 Å². The Morgan fingerprint density at radius 1 is 1.27 bits per heavy atom. The third-order valence-electron chi connectivity index (χ3n) is 5.26. The number of hydrogen-bond acceptors (Lipinski definition) is 4. The molecule has 0 aromatic carbocycles. The minimum absolute atomic E-state index is 0.195. The highest BCUT2D eigenvalue weighted by atomic mass is 19.3. The van der Waals surface area contributed by atoms with Crippen LogP contribution in [-0.2, 0) is 0 Å². The number of pyridine rings is 1. The van der Waals surface area contributed by atoms with Crippen LogP contribution in [0.2, 0.25) is 0 Å². The lowest BCUT2D eigenvalue weighted by atomic mass is 9.90. The molecule has 1 saturated heterocycles. The Hall–Kier alpha value is -1.99. The Morgan fingerprint density at radius 2 is 2.08 bits per heavy atom. The van der Waals surface area contributed by atoms with E-state index in [9.17, 15) is 13.9 Å². The monoisotopic (exact) mass is 362 g/mol. The molecule has 1 saturated carbocycles. The second kappa shape index (κ2) is 6.63. The lowest BCUT2D eigenvalue weighted by Crippen LogP contribution is -2.56. The Balaban J connectivity index is 1.55. The highest BCUT2D eigenvalue weighted by Gasteiger charge is 2.49. The maximum atomic E-state index is 14.8. The molecule has 2 aliphatic rings. The summed E-state index contributed by atoms with van der Waals surface area (Å²) in [6.45, 7) is 2.04. The van der Waals surface area contributed by atoms with Gasteiger partial charge in [-0.2, -0.15) is 0 Å². The molecule has 0 spiro atoms. The molecule has 2 fully saturated rings. The number of aromatic nitrogens is 2. The van der Waals surface area contributed by atoms with Gasteiger partial charge in [0.1, 0.15) is 6.23 Å². The quantitative estimate of drug-likeness (QED) is 0.803. The van der Waals surface area contributed by atoms with E-state index >= 15 is 0 Å². The molecular weight excluding hydrogens is 338 g/mol. The first-order chi connectivity index (χ1) is 12.4. The summed E-state index contributed by atoms with van der Waals surface area (Å²) in [5.41, 5.74) is 2.62. The lowest BCUT2D eigenvalue weighted by molar-refractivity contribution is -0.118. The topological polar surface area (TPSA) is 53.3 Å². The number of alkyl halides is 2. The zero-order chi connectivity index (χ0) is 18.3. The average Bonchev–Trinajstić information content (AvgIpc) is 3.31. The molecule has 0 radical (unpaired) electrons. The van der Waals surface area contributed by atoms with Crippen LogP contribution in [0.1, 0.15) is 24.8 Å². The van der Waals surface area contributed by atoms with Gasteiger partial charge in [0.05, 0.1) is 30.0 Å². The fourth-order valence-electron chi connectivity index (χ4n) is 3.65. The third-order valence-corrected chi connectivity index (χ3v) is 5.26. The summed E-state index contributed by atoms with van der Waals surface area (Å²) < 4.78 is 31.5. The largest absolute Gasteiger partial charge is 0.378 e. The molecule has 2 atom stereocenters. The number of rotatable bonds is 5. The van der Waals surface area contributed by atoms with E-state index in [0.29, 0.717) is 12.2 Å². The summed E-state index contributed by atoms with van der Waals surface area (Å²) in [4.78, 5) is 5.82. The standard InChI is InChI=1S/C19H24F2N4O/c1-13-5-8-24(11-13)16-4-7-22-10-17(16)25-9-6-15(19(20,21)12-25)18(26)23-14-2-3-14/h4-5,7-8,10-11,14-15,18,23,26H,2-3,6,9,12H2,1H3. The molecular formula is C19H24F2N4O. The number of halogens is 2. The molecule has 0 bridgehead atoms. The first kappa shape index (κ1) is 17.4. The number of hydrogen-bond donors (Lipinski definition) is 2. The van der Waals surface area contributed by atoms with Gasteiger partial charge in [-0.15, -0.1) is 0 Å². The average molecular weight is 362 g/mol. The van der Waals surface area contributed by atoms with Crippen molar-refractivity contribution in [2.75, 3.05) is 18.0 Å². The van der Waals surface area contributed by atoms with Crippen LogP contribution in [0, 0.1) is 12.8 Å². The highest BCUT2D eigenvalue weighted by Crippen LogP contribution is 2.38. The van der Waals surface area contributed by atoms with Crippen molar-refractivity contribution in [2.45, 2.75) is 44.4 Å². The van der Waals surface area contributed by atoms with Crippen molar-refractivity contribution in [2.24, 2.45) is 5.92 Å². The van der Waals surface area contributed by atoms with Crippen LogP contribution in [0.4, 0.5) is 14.5 Å². The predicted molar refractivity (Wildman–Crippen MR) is 95.7 cm³/mol. The second-order valence-corrected chi connectivity index (χ2v) is 7.42. The summed E-state index contributed by atoms with van der Waals surface area (Å²) >= 11 is 0. The molecule has 0 amide bonds. The Labute approximate surface area is 151 Å². The fraction of sp³-hybridized carbons (Fsp3) is 0.526.